The van der Waals surface area contributed by atoms with E-state index in [9.17, 15) is 9.18 Å². The first-order valence-corrected chi connectivity index (χ1v) is 7.29. The van der Waals surface area contributed by atoms with E-state index < -0.39 is 0 Å². The molecule has 7 heteroatoms. The minimum Gasteiger partial charge on any atom is -0.355 e. The number of fused-ring (bicyclic) bond motifs is 1. The van der Waals surface area contributed by atoms with Crippen molar-refractivity contribution >= 4 is 51.1 Å². The average Bonchev–Trinajstić information content (AvgIpc) is 2.67. The summed E-state index contributed by atoms with van der Waals surface area (Å²) in [5, 5.41) is 2.70. The van der Waals surface area contributed by atoms with Crippen molar-refractivity contribution in [2.75, 3.05) is 6.54 Å². The van der Waals surface area contributed by atoms with Crippen molar-refractivity contribution in [2.24, 2.45) is 0 Å². The van der Waals surface area contributed by atoms with Gasteiger partial charge in [-0.25, -0.2) is 9.37 Å². The van der Waals surface area contributed by atoms with Crippen molar-refractivity contribution < 1.29 is 9.18 Å². The van der Waals surface area contributed by atoms with Crippen LogP contribution in [0, 0.1) is 9.39 Å². The number of nitrogens with zero attached hydrogens (tertiary/aromatic N) is 2. The summed E-state index contributed by atoms with van der Waals surface area (Å²) in [6.45, 7) is 2.42. The third kappa shape index (κ3) is 3.17. The van der Waals surface area contributed by atoms with Crippen molar-refractivity contribution in [1.82, 2.24) is 14.9 Å². The van der Waals surface area contributed by atoms with E-state index in [1.54, 1.807) is 6.07 Å². The van der Waals surface area contributed by atoms with Crippen LogP contribution in [0.1, 0.15) is 12.7 Å². The van der Waals surface area contributed by atoms with E-state index in [0.29, 0.717) is 33.5 Å². The molecule has 2 aromatic rings. The number of hydrogen-bond acceptors (Lipinski definition) is 2. The fourth-order valence-electron chi connectivity index (χ4n) is 1.87. The van der Waals surface area contributed by atoms with Crippen LogP contribution in [0.4, 0.5) is 4.39 Å². The van der Waals surface area contributed by atoms with Gasteiger partial charge in [0, 0.05) is 26.1 Å². The van der Waals surface area contributed by atoms with Crippen LogP contribution in [-0.2, 0) is 17.2 Å². The Labute approximate surface area is 128 Å². The number of hydrogen-bond donors (Lipinski definition) is 1. The van der Waals surface area contributed by atoms with Crippen LogP contribution in [0.3, 0.4) is 0 Å². The Kier molecular flexibility index (Phi) is 4.62. The summed E-state index contributed by atoms with van der Waals surface area (Å²) in [6.07, 6.45) is 0. The summed E-state index contributed by atoms with van der Waals surface area (Å²) < 4.78 is 16.0. The van der Waals surface area contributed by atoms with Gasteiger partial charge in [0.2, 0.25) is 5.91 Å². The molecule has 0 unspecified atom stereocenters. The molecule has 4 nitrogen and oxygen atoms in total. The van der Waals surface area contributed by atoms with E-state index in [2.05, 4.69) is 10.3 Å². The van der Waals surface area contributed by atoms with Crippen LogP contribution in [0.2, 0.25) is 0 Å². The zero-order valence-corrected chi connectivity index (χ0v) is 13.1. The van der Waals surface area contributed by atoms with Gasteiger partial charge in [0.1, 0.15) is 11.6 Å². The van der Waals surface area contributed by atoms with Gasteiger partial charge in [-0.3, -0.25) is 4.79 Å². The minimum absolute atomic E-state index is 0.0995. The fourth-order valence-corrected chi connectivity index (χ4v) is 2.52. The van der Waals surface area contributed by atoms with Gasteiger partial charge < -0.3 is 9.88 Å². The molecule has 0 atom stereocenters. The Morgan fingerprint density at radius 2 is 2.32 bits per heavy atom. The smallest absolute Gasteiger partial charge is 0.216 e. The van der Waals surface area contributed by atoms with E-state index in [4.69, 9.17) is 11.6 Å². The lowest BCUT2D eigenvalue weighted by atomic mass is 10.3. The van der Waals surface area contributed by atoms with E-state index in [1.165, 1.54) is 13.0 Å². The van der Waals surface area contributed by atoms with E-state index >= 15 is 0 Å². The van der Waals surface area contributed by atoms with Crippen LogP contribution < -0.4 is 5.32 Å². The molecular formula is C12H12ClFIN3O. The molecule has 2 rings (SSSR count). The lowest BCUT2D eigenvalue weighted by Gasteiger charge is -2.08. The van der Waals surface area contributed by atoms with Crippen LogP contribution in [0.25, 0.3) is 11.0 Å². The summed E-state index contributed by atoms with van der Waals surface area (Å²) in [5.74, 6) is 0.531. The number of benzene rings is 1. The van der Waals surface area contributed by atoms with Crippen LogP contribution in [0.15, 0.2) is 12.1 Å². The quantitative estimate of drug-likeness (QED) is 0.639. The Morgan fingerprint density at radius 1 is 1.58 bits per heavy atom. The van der Waals surface area contributed by atoms with Crippen molar-refractivity contribution in [1.29, 1.82) is 0 Å². The third-order valence-electron chi connectivity index (χ3n) is 2.70. The largest absolute Gasteiger partial charge is 0.355 e. The number of amides is 1. The highest BCUT2D eigenvalue weighted by Gasteiger charge is 2.12. The molecule has 19 heavy (non-hydrogen) atoms. The van der Waals surface area contributed by atoms with Gasteiger partial charge in [-0.05, 0) is 28.7 Å². The Hall–Kier alpha value is -0.890. The number of alkyl halides is 1. The van der Waals surface area contributed by atoms with Gasteiger partial charge in [0.15, 0.2) is 0 Å². The van der Waals surface area contributed by atoms with Crippen LogP contribution in [0.5, 0.6) is 0 Å². The number of carbonyl (C=O) groups excluding carboxylic acids is 1. The third-order valence-corrected chi connectivity index (χ3v) is 3.76. The van der Waals surface area contributed by atoms with Gasteiger partial charge in [-0.15, -0.1) is 11.6 Å². The fraction of sp³-hybridized carbons (Fsp3) is 0.333. The van der Waals surface area contributed by atoms with Crippen LogP contribution in [-0.4, -0.2) is 22.0 Å². The highest BCUT2D eigenvalue weighted by molar-refractivity contribution is 14.1. The SMILES string of the molecule is CC(=O)NCCn1c(CCl)nc2cc(I)c(F)cc21. The number of aromatic nitrogens is 2. The predicted molar refractivity (Wildman–Crippen MR) is 80.6 cm³/mol. The first kappa shape index (κ1) is 14.5. The van der Waals surface area contributed by atoms with Gasteiger partial charge in [0.05, 0.1) is 20.5 Å². The summed E-state index contributed by atoms with van der Waals surface area (Å²) in [4.78, 5) is 15.2. The molecule has 1 heterocycles. The molecule has 0 saturated heterocycles. The molecule has 0 radical (unpaired) electrons. The molecule has 0 saturated carbocycles. The molecule has 0 spiro atoms. The molecule has 0 bridgehead atoms. The van der Waals surface area contributed by atoms with Crippen molar-refractivity contribution in [3.63, 3.8) is 0 Å². The van der Waals surface area contributed by atoms with E-state index in [0.717, 1.165) is 0 Å². The zero-order chi connectivity index (χ0) is 14.0. The molecular weight excluding hydrogens is 384 g/mol. The van der Waals surface area contributed by atoms with Gasteiger partial charge >= 0.3 is 0 Å². The molecule has 102 valence electrons. The first-order valence-electron chi connectivity index (χ1n) is 5.67. The Balaban J connectivity index is 2.39. The molecule has 1 amide bonds. The Morgan fingerprint density at radius 3 is 2.95 bits per heavy atom. The minimum atomic E-state index is -0.283. The maximum atomic E-state index is 13.6. The maximum absolute atomic E-state index is 13.6. The second-order valence-corrected chi connectivity index (χ2v) is 5.48. The molecule has 1 aromatic carbocycles. The van der Waals surface area contributed by atoms with E-state index in [1.807, 2.05) is 27.2 Å². The molecule has 0 aliphatic carbocycles. The van der Waals surface area contributed by atoms with Gasteiger partial charge in [-0.2, -0.15) is 0 Å². The van der Waals surface area contributed by atoms with Crippen LogP contribution >= 0.6 is 34.2 Å². The molecule has 1 aromatic heterocycles. The molecule has 0 aliphatic heterocycles. The van der Waals surface area contributed by atoms with Crippen molar-refractivity contribution in [3.8, 4) is 0 Å². The zero-order valence-electron chi connectivity index (χ0n) is 10.2. The van der Waals surface area contributed by atoms with E-state index in [-0.39, 0.29) is 17.6 Å². The monoisotopic (exact) mass is 395 g/mol. The standard InChI is InChI=1S/C12H12ClFIN3O/c1-7(19)16-2-3-18-11-4-8(14)9(15)5-10(11)17-12(18)6-13/h4-5H,2-3,6H2,1H3,(H,16,19). The van der Waals surface area contributed by atoms with Crippen molar-refractivity contribution in [2.45, 2.75) is 19.3 Å². The maximum Gasteiger partial charge on any atom is 0.216 e. The Bertz CT molecular complexity index is 629. The van der Waals surface area contributed by atoms with Crippen molar-refractivity contribution in [3.05, 3.63) is 27.3 Å². The molecule has 0 aliphatic rings. The number of rotatable bonds is 4. The second-order valence-electron chi connectivity index (χ2n) is 4.05. The lowest BCUT2D eigenvalue weighted by molar-refractivity contribution is -0.118. The topological polar surface area (TPSA) is 46.9 Å². The highest BCUT2D eigenvalue weighted by atomic mass is 127. The molecule has 0 fully saturated rings. The normalized spacial score (nSPS) is 10.9. The highest BCUT2D eigenvalue weighted by Crippen LogP contribution is 2.22. The lowest BCUT2D eigenvalue weighted by Crippen LogP contribution is -2.25. The summed E-state index contributed by atoms with van der Waals surface area (Å²) in [7, 11) is 0. The summed E-state index contributed by atoms with van der Waals surface area (Å²) in [5.41, 5.74) is 1.41. The second kappa shape index (κ2) is 6.04. The number of halogens is 3. The number of imidazole rings is 1. The van der Waals surface area contributed by atoms with Gasteiger partial charge in [0.25, 0.3) is 0 Å². The summed E-state index contributed by atoms with van der Waals surface area (Å²) >= 11 is 7.79. The number of nitrogens with one attached hydrogen (secondary N) is 1. The number of carbonyl (C=O) groups is 1. The summed E-state index contributed by atoms with van der Waals surface area (Å²) in [6, 6.07) is 3.14. The molecule has 1 N–H and O–H groups in total. The predicted octanol–water partition coefficient (Wildman–Crippen LogP) is 2.65. The van der Waals surface area contributed by atoms with Gasteiger partial charge in [-0.1, -0.05) is 0 Å². The first-order chi connectivity index (χ1) is 9.02. The average molecular weight is 396 g/mol.